The van der Waals surface area contributed by atoms with Gasteiger partial charge in [0.2, 0.25) is 0 Å². The van der Waals surface area contributed by atoms with E-state index < -0.39 is 0 Å². The molecule has 1 aromatic carbocycles. The Bertz CT molecular complexity index is 805. The van der Waals surface area contributed by atoms with Gasteiger partial charge in [-0.25, -0.2) is 4.79 Å². The fourth-order valence-electron chi connectivity index (χ4n) is 3.07. The van der Waals surface area contributed by atoms with Gasteiger partial charge in [0.1, 0.15) is 6.61 Å². The van der Waals surface area contributed by atoms with E-state index >= 15 is 0 Å². The highest BCUT2D eigenvalue weighted by Gasteiger charge is 2.20. The van der Waals surface area contributed by atoms with E-state index in [4.69, 9.17) is 4.74 Å². The number of alkyl halides is 1. The number of para-hydroxylation sites is 1. The third-order valence-corrected chi connectivity index (χ3v) is 5.02. The first-order chi connectivity index (χ1) is 12.8. The van der Waals surface area contributed by atoms with Crippen LogP contribution < -0.4 is 0 Å². The van der Waals surface area contributed by atoms with E-state index in [2.05, 4.69) is 38.0 Å². The van der Waals surface area contributed by atoms with Crippen molar-refractivity contribution in [3.05, 3.63) is 42.7 Å². The van der Waals surface area contributed by atoms with Crippen LogP contribution in [0.3, 0.4) is 0 Å². The molecule has 0 aliphatic carbocycles. The van der Waals surface area contributed by atoms with E-state index in [-0.39, 0.29) is 18.5 Å². The van der Waals surface area contributed by atoms with Crippen LogP contribution in [0.15, 0.2) is 42.7 Å². The number of nitrogens with zero attached hydrogens (tertiary/aromatic N) is 2. The van der Waals surface area contributed by atoms with E-state index in [1.807, 2.05) is 24.4 Å². The molecule has 3 heterocycles. The maximum atomic E-state index is 11.0. The third kappa shape index (κ3) is 5.84. The number of nitrogens with one attached hydrogen (secondary N) is 1. The van der Waals surface area contributed by atoms with Crippen LogP contribution in [0.2, 0.25) is 0 Å². The van der Waals surface area contributed by atoms with Gasteiger partial charge >= 0.3 is 6.09 Å². The molecule has 1 aliphatic heterocycles. The average Bonchev–Trinajstić information content (AvgIpc) is 3.25. The predicted octanol–water partition coefficient (Wildman–Crippen LogP) is 5.53. The summed E-state index contributed by atoms with van der Waals surface area (Å²) in [5, 5.41) is 3.52. The summed E-state index contributed by atoms with van der Waals surface area (Å²) in [5.41, 5.74) is 2.32. The van der Waals surface area contributed by atoms with Crippen molar-refractivity contribution < 1.29 is 9.53 Å². The highest BCUT2D eigenvalue weighted by atomic mass is 79.9. The van der Waals surface area contributed by atoms with Gasteiger partial charge in [-0.2, -0.15) is 0 Å². The van der Waals surface area contributed by atoms with Crippen molar-refractivity contribution >= 4 is 56.2 Å². The van der Waals surface area contributed by atoms with E-state index in [0.717, 1.165) is 30.4 Å². The number of carbonyl (C=O) groups excluding carboxylic acids is 1. The van der Waals surface area contributed by atoms with Gasteiger partial charge in [-0.3, -0.25) is 4.98 Å². The Hall–Kier alpha value is -1.79. The molecule has 3 aromatic rings. The van der Waals surface area contributed by atoms with Gasteiger partial charge in [-0.1, -0.05) is 47.0 Å². The average molecular weight is 455 g/mol. The standard InChI is InChI=1S/C11H8N2.C9H16BrNO2.ClH/c1-2-4-10-8(3-1)9-7-12-6-5-11(9)13-10;10-5-3-1-2-4-6-11-7-8-13-9(11)12;/h1-7,13H;1-8H2;1H. The second kappa shape index (κ2) is 11.1. The summed E-state index contributed by atoms with van der Waals surface area (Å²) < 4.78 is 4.82. The second-order valence-electron chi connectivity index (χ2n) is 6.30. The fraction of sp³-hybridized carbons (Fsp3) is 0.400. The van der Waals surface area contributed by atoms with Crippen LogP contribution in [0.5, 0.6) is 0 Å². The zero-order valence-corrected chi connectivity index (χ0v) is 17.6. The van der Waals surface area contributed by atoms with E-state index in [1.165, 1.54) is 35.6 Å². The number of hydrogen-bond donors (Lipinski definition) is 1. The number of ether oxygens (including phenoxy) is 1. The molecule has 1 N–H and O–H groups in total. The smallest absolute Gasteiger partial charge is 0.409 e. The Morgan fingerprint density at radius 2 is 1.85 bits per heavy atom. The topological polar surface area (TPSA) is 58.2 Å². The number of amides is 1. The number of fused-ring (bicyclic) bond motifs is 3. The molecule has 146 valence electrons. The van der Waals surface area contributed by atoms with Gasteiger partial charge in [0.15, 0.2) is 0 Å². The van der Waals surface area contributed by atoms with Gasteiger partial charge in [-0.15, -0.1) is 12.4 Å². The predicted molar refractivity (Wildman–Crippen MR) is 116 cm³/mol. The van der Waals surface area contributed by atoms with Crippen molar-refractivity contribution in [2.24, 2.45) is 0 Å². The molecule has 7 heteroatoms. The number of aromatic amines is 1. The van der Waals surface area contributed by atoms with Crippen LogP contribution in [0, 0.1) is 0 Å². The lowest BCUT2D eigenvalue weighted by Crippen LogP contribution is -2.25. The molecular weight excluding hydrogens is 430 g/mol. The van der Waals surface area contributed by atoms with E-state index in [0.29, 0.717) is 6.61 Å². The van der Waals surface area contributed by atoms with Crippen LogP contribution >= 0.6 is 28.3 Å². The third-order valence-electron chi connectivity index (χ3n) is 4.46. The van der Waals surface area contributed by atoms with Gasteiger partial charge in [0.05, 0.1) is 6.54 Å². The Labute approximate surface area is 174 Å². The van der Waals surface area contributed by atoms with Crippen LogP contribution in [-0.2, 0) is 4.74 Å². The van der Waals surface area contributed by atoms with E-state index in [1.54, 1.807) is 11.1 Å². The van der Waals surface area contributed by atoms with E-state index in [9.17, 15) is 4.79 Å². The number of unbranched alkanes of at least 4 members (excludes halogenated alkanes) is 3. The quantitative estimate of drug-likeness (QED) is 0.393. The maximum absolute atomic E-state index is 11.0. The molecule has 4 rings (SSSR count). The number of hydrogen-bond acceptors (Lipinski definition) is 3. The summed E-state index contributed by atoms with van der Waals surface area (Å²) in [6.07, 6.45) is 8.34. The van der Waals surface area contributed by atoms with Crippen molar-refractivity contribution in [1.29, 1.82) is 0 Å². The van der Waals surface area contributed by atoms with Gasteiger partial charge in [0.25, 0.3) is 0 Å². The van der Waals surface area contributed by atoms with Crippen LogP contribution in [-0.4, -0.2) is 46.0 Å². The largest absolute Gasteiger partial charge is 0.448 e. The summed E-state index contributed by atoms with van der Waals surface area (Å²) in [7, 11) is 0. The summed E-state index contributed by atoms with van der Waals surface area (Å²) in [6, 6.07) is 10.3. The Kier molecular flexibility index (Phi) is 8.88. The normalized spacial score (nSPS) is 13.2. The van der Waals surface area contributed by atoms with Gasteiger partial charge in [0, 0.05) is 46.1 Å². The molecule has 2 aromatic heterocycles. The lowest BCUT2D eigenvalue weighted by Gasteiger charge is -2.11. The summed E-state index contributed by atoms with van der Waals surface area (Å²) in [6.45, 7) is 2.21. The molecule has 0 unspecified atom stereocenters. The lowest BCUT2D eigenvalue weighted by molar-refractivity contribution is 0.158. The highest BCUT2D eigenvalue weighted by molar-refractivity contribution is 9.09. The number of carbonyl (C=O) groups is 1. The van der Waals surface area contributed by atoms with Crippen LogP contribution in [0.4, 0.5) is 4.79 Å². The van der Waals surface area contributed by atoms with Crippen molar-refractivity contribution in [2.75, 3.05) is 25.0 Å². The molecule has 1 saturated heterocycles. The van der Waals surface area contributed by atoms with Gasteiger partial charge in [-0.05, 0) is 25.0 Å². The first-order valence-electron chi connectivity index (χ1n) is 9.07. The first-order valence-corrected chi connectivity index (χ1v) is 10.2. The molecule has 0 radical (unpaired) electrons. The highest BCUT2D eigenvalue weighted by Crippen LogP contribution is 2.23. The number of halogens is 2. The summed E-state index contributed by atoms with van der Waals surface area (Å²) in [5.74, 6) is 0. The number of rotatable bonds is 6. The zero-order chi connectivity index (χ0) is 18.2. The second-order valence-corrected chi connectivity index (χ2v) is 7.09. The van der Waals surface area contributed by atoms with Crippen molar-refractivity contribution in [3.8, 4) is 0 Å². The molecule has 27 heavy (non-hydrogen) atoms. The minimum absolute atomic E-state index is 0. The number of H-pyrrole nitrogens is 1. The monoisotopic (exact) mass is 453 g/mol. The van der Waals surface area contributed by atoms with Crippen LogP contribution in [0.1, 0.15) is 25.7 Å². The molecule has 0 saturated carbocycles. The number of cyclic esters (lactones) is 1. The molecule has 0 bridgehead atoms. The molecule has 5 nitrogen and oxygen atoms in total. The molecular formula is C20H25BrClN3O2. The Morgan fingerprint density at radius 3 is 2.63 bits per heavy atom. The fourth-order valence-corrected chi connectivity index (χ4v) is 3.47. The van der Waals surface area contributed by atoms with Crippen molar-refractivity contribution in [3.63, 3.8) is 0 Å². The number of aromatic nitrogens is 2. The molecule has 0 atom stereocenters. The Morgan fingerprint density at radius 1 is 1.07 bits per heavy atom. The molecule has 0 spiro atoms. The van der Waals surface area contributed by atoms with Gasteiger partial charge < -0.3 is 14.6 Å². The van der Waals surface area contributed by atoms with Crippen molar-refractivity contribution in [1.82, 2.24) is 14.9 Å². The van der Waals surface area contributed by atoms with Crippen LogP contribution in [0.25, 0.3) is 21.8 Å². The minimum Gasteiger partial charge on any atom is -0.448 e. The minimum atomic E-state index is -0.138. The lowest BCUT2D eigenvalue weighted by atomic mass is 10.2. The summed E-state index contributed by atoms with van der Waals surface area (Å²) >= 11 is 3.39. The SMILES string of the molecule is Cl.O=C1OCCN1CCCCCCBr.c1ccc2c(c1)[nH]c1ccncc12. The molecule has 1 aliphatic rings. The molecule has 1 amide bonds. The summed E-state index contributed by atoms with van der Waals surface area (Å²) in [4.78, 5) is 20.2. The zero-order valence-electron chi connectivity index (χ0n) is 15.2. The Balaban J connectivity index is 0.000000187. The number of benzene rings is 1. The molecule has 1 fully saturated rings. The maximum Gasteiger partial charge on any atom is 0.409 e. The first kappa shape index (κ1) is 21.5. The number of pyridine rings is 1. The van der Waals surface area contributed by atoms with Crippen molar-refractivity contribution in [2.45, 2.75) is 25.7 Å².